The van der Waals surface area contributed by atoms with Gasteiger partial charge < -0.3 is 18.8 Å². The number of nitrogens with zero attached hydrogens (tertiary/aromatic N) is 2. The lowest BCUT2D eigenvalue weighted by Gasteiger charge is -2.03. The van der Waals surface area contributed by atoms with E-state index in [1.807, 2.05) is 34.9 Å². The van der Waals surface area contributed by atoms with Crippen LogP contribution >= 0.6 is 11.3 Å². The van der Waals surface area contributed by atoms with E-state index in [0.717, 1.165) is 10.2 Å². The number of hydrogen-bond acceptors (Lipinski definition) is 5. The maximum absolute atomic E-state index is 12.2. The third kappa shape index (κ3) is 3.21. The van der Waals surface area contributed by atoms with E-state index in [0.29, 0.717) is 28.6 Å². The Morgan fingerprint density at radius 1 is 1.27 bits per heavy atom. The molecule has 0 atom stereocenters. The minimum absolute atomic E-state index is 0.116. The van der Waals surface area contributed by atoms with E-state index in [9.17, 15) is 4.79 Å². The number of ether oxygens (including phenoxy) is 3. The average molecular weight is 368 g/mol. The van der Waals surface area contributed by atoms with Gasteiger partial charge in [0.05, 0.1) is 10.2 Å². The zero-order chi connectivity index (χ0) is 17.9. The first-order valence-corrected chi connectivity index (χ1v) is 8.85. The van der Waals surface area contributed by atoms with Gasteiger partial charge in [0.1, 0.15) is 5.75 Å². The number of aromatic nitrogens is 1. The summed E-state index contributed by atoms with van der Waals surface area (Å²) in [6.45, 7) is 4.43. The Morgan fingerprint density at radius 3 is 2.81 bits per heavy atom. The molecule has 3 aromatic rings. The van der Waals surface area contributed by atoms with E-state index in [4.69, 9.17) is 14.2 Å². The lowest BCUT2D eigenvalue weighted by Crippen LogP contribution is -2.19. The summed E-state index contributed by atoms with van der Waals surface area (Å²) in [5, 5.41) is 0. The van der Waals surface area contributed by atoms with Crippen molar-refractivity contribution in [2.75, 3.05) is 13.4 Å². The first-order chi connectivity index (χ1) is 12.7. The highest BCUT2D eigenvalue weighted by Crippen LogP contribution is 2.36. The predicted octanol–water partition coefficient (Wildman–Crippen LogP) is 3.12. The molecule has 0 spiro atoms. The Labute approximate surface area is 153 Å². The van der Waals surface area contributed by atoms with Gasteiger partial charge in [0.15, 0.2) is 22.9 Å². The lowest BCUT2D eigenvalue weighted by atomic mass is 10.3. The van der Waals surface area contributed by atoms with Gasteiger partial charge in [-0.15, -0.1) is 6.58 Å². The number of hydrogen-bond donors (Lipinski definition) is 0. The topological polar surface area (TPSA) is 62.1 Å². The third-order valence-electron chi connectivity index (χ3n) is 3.81. The third-order valence-corrected chi connectivity index (χ3v) is 4.86. The summed E-state index contributed by atoms with van der Waals surface area (Å²) in [6.07, 6.45) is 1.76. The van der Waals surface area contributed by atoms with Crippen molar-refractivity contribution in [3.63, 3.8) is 0 Å². The maximum Gasteiger partial charge on any atom is 0.286 e. The summed E-state index contributed by atoms with van der Waals surface area (Å²) < 4.78 is 19.2. The Hall–Kier alpha value is -3.06. The molecule has 0 fully saturated rings. The van der Waals surface area contributed by atoms with Crippen LogP contribution in [0, 0.1) is 0 Å². The van der Waals surface area contributed by atoms with Crippen molar-refractivity contribution in [1.29, 1.82) is 0 Å². The normalized spacial score (nSPS) is 13.2. The van der Waals surface area contributed by atoms with Crippen molar-refractivity contribution in [1.82, 2.24) is 4.57 Å². The van der Waals surface area contributed by atoms with Gasteiger partial charge >= 0.3 is 0 Å². The molecule has 7 heteroatoms. The maximum atomic E-state index is 12.2. The van der Waals surface area contributed by atoms with Crippen molar-refractivity contribution >= 4 is 27.5 Å². The molecule has 0 aliphatic carbocycles. The Morgan fingerprint density at radius 2 is 2.04 bits per heavy atom. The first kappa shape index (κ1) is 16.4. The SMILES string of the molecule is C=CCn1c(=NC(=O)COc2ccccc2)sc2cc3c(cc21)OCO3. The first-order valence-electron chi connectivity index (χ1n) is 8.04. The molecule has 6 nitrogen and oxygen atoms in total. The van der Waals surface area contributed by atoms with Crippen molar-refractivity contribution in [3.8, 4) is 17.2 Å². The smallest absolute Gasteiger partial charge is 0.286 e. The highest BCUT2D eigenvalue weighted by molar-refractivity contribution is 7.16. The Balaban J connectivity index is 1.66. The summed E-state index contributed by atoms with van der Waals surface area (Å²) >= 11 is 1.42. The van der Waals surface area contributed by atoms with Gasteiger partial charge in [-0.3, -0.25) is 4.79 Å². The minimum Gasteiger partial charge on any atom is -0.484 e. The minimum atomic E-state index is -0.349. The van der Waals surface area contributed by atoms with Gasteiger partial charge in [-0.2, -0.15) is 4.99 Å². The molecule has 0 unspecified atom stereocenters. The number of carbonyl (C=O) groups is 1. The Bertz CT molecular complexity index is 1040. The second-order valence-corrected chi connectivity index (χ2v) is 6.57. The summed E-state index contributed by atoms with van der Waals surface area (Å²) in [5.41, 5.74) is 0.926. The molecule has 1 amide bonds. The highest BCUT2D eigenvalue weighted by atomic mass is 32.1. The molecule has 0 saturated carbocycles. The molecule has 1 aliphatic rings. The van der Waals surface area contributed by atoms with Crippen LogP contribution in [0.5, 0.6) is 17.2 Å². The van der Waals surface area contributed by atoms with E-state index >= 15 is 0 Å². The fourth-order valence-corrected chi connectivity index (χ4v) is 3.72. The number of benzene rings is 2. The number of allylic oxidation sites excluding steroid dienone is 1. The van der Waals surface area contributed by atoms with Gasteiger partial charge in [-0.1, -0.05) is 35.6 Å². The molecule has 0 radical (unpaired) electrons. The Kier molecular flexibility index (Phi) is 4.45. The molecule has 1 aliphatic heterocycles. The van der Waals surface area contributed by atoms with Gasteiger partial charge in [0.2, 0.25) is 6.79 Å². The summed E-state index contributed by atoms with van der Waals surface area (Å²) in [7, 11) is 0. The van der Waals surface area contributed by atoms with Gasteiger partial charge in [-0.05, 0) is 12.1 Å². The predicted molar refractivity (Wildman–Crippen MR) is 98.6 cm³/mol. The standard InChI is InChI=1S/C19H16N2O4S/c1-2-8-21-14-9-15-16(25-12-24-15)10-17(14)26-19(21)20-18(22)11-23-13-6-4-3-5-7-13/h2-7,9-10H,1,8,11-12H2. The van der Waals surface area contributed by atoms with Crippen LogP contribution in [0.1, 0.15) is 0 Å². The number of carbonyl (C=O) groups excluding carboxylic acids is 1. The summed E-state index contributed by atoms with van der Waals surface area (Å²) in [6, 6.07) is 13.0. The quantitative estimate of drug-likeness (QED) is 0.649. The van der Waals surface area contributed by atoms with E-state index in [2.05, 4.69) is 11.6 Å². The fraction of sp³-hybridized carbons (Fsp3) is 0.158. The molecule has 1 aromatic heterocycles. The molecular formula is C19H16N2O4S. The monoisotopic (exact) mass is 368 g/mol. The van der Waals surface area contributed by atoms with Crippen LogP contribution < -0.4 is 19.0 Å². The molecule has 0 N–H and O–H groups in total. The van der Waals surface area contributed by atoms with Crippen molar-refractivity contribution in [3.05, 3.63) is 59.9 Å². The second kappa shape index (κ2) is 7.05. The summed E-state index contributed by atoms with van der Waals surface area (Å²) in [4.78, 5) is 17.1. The lowest BCUT2D eigenvalue weighted by molar-refractivity contribution is -0.120. The van der Waals surface area contributed by atoms with Gasteiger partial charge in [0, 0.05) is 18.7 Å². The van der Waals surface area contributed by atoms with Crippen LogP contribution in [-0.2, 0) is 11.3 Å². The van der Waals surface area contributed by atoms with E-state index in [1.165, 1.54) is 11.3 Å². The van der Waals surface area contributed by atoms with E-state index < -0.39 is 0 Å². The molecular weight excluding hydrogens is 352 g/mol. The van der Waals surface area contributed by atoms with Crippen molar-refractivity contribution in [2.45, 2.75) is 6.54 Å². The van der Waals surface area contributed by atoms with Crippen molar-refractivity contribution < 1.29 is 19.0 Å². The van der Waals surface area contributed by atoms with Crippen LogP contribution in [0.15, 0.2) is 60.1 Å². The highest BCUT2D eigenvalue weighted by Gasteiger charge is 2.17. The molecule has 132 valence electrons. The van der Waals surface area contributed by atoms with Gasteiger partial charge in [0.25, 0.3) is 5.91 Å². The van der Waals surface area contributed by atoms with E-state index in [1.54, 1.807) is 18.2 Å². The molecule has 2 heterocycles. The van der Waals surface area contributed by atoms with Crippen molar-refractivity contribution in [2.24, 2.45) is 4.99 Å². The number of thiazole rings is 1. The largest absolute Gasteiger partial charge is 0.484 e. The average Bonchev–Trinajstić information content (AvgIpc) is 3.24. The second-order valence-electron chi connectivity index (χ2n) is 5.56. The molecule has 0 saturated heterocycles. The van der Waals surface area contributed by atoms with Crippen LogP contribution in [0.25, 0.3) is 10.2 Å². The molecule has 4 rings (SSSR count). The zero-order valence-electron chi connectivity index (χ0n) is 13.9. The number of para-hydroxylation sites is 1. The number of fused-ring (bicyclic) bond motifs is 2. The number of amides is 1. The molecule has 0 bridgehead atoms. The van der Waals surface area contributed by atoms with Crippen LogP contribution in [-0.4, -0.2) is 23.9 Å². The van der Waals surface area contributed by atoms with Crippen LogP contribution in [0.3, 0.4) is 0 Å². The molecule has 2 aromatic carbocycles. The molecule has 26 heavy (non-hydrogen) atoms. The number of rotatable bonds is 5. The zero-order valence-corrected chi connectivity index (χ0v) is 14.7. The van der Waals surface area contributed by atoms with Gasteiger partial charge in [-0.25, -0.2) is 0 Å². The van der Waals surface area contributed by atoms with Crippen LogP contribution in [0.4, 0.5) is 0 Å². The fourth-order valence-electron chi connectivity index (χ4n) is 2.65. The van der Waals surface area contributed by atoms with E-state index in [-0.39, 0.29) is 19.3 Å². The summed E-state index contributed by atoms with van der Waals surface area (Å²) in [5.74, 6) is 1.68. The van der Waals surface area contributed by atoms with Crippen LogP contribution in [0.2, 0.25) is 0 Å².